The first-order valence-corrected chi connectivity index (χ1v) is 7.13. The minimum Gasteiger partial charge on any atom is -0.350 e. The summed E-state index contributed by atoms with van der Waals surface area (Å²) in [5.74, 6) is -1.49. The number of H-pyrrole nitrogens is 1. The number of Topliss-reactive ketones (excluding diaryl/α,β-unsaturated/α-hetero) is 2. The number of nitrogens with zero attached hydrogens (tertiary/aromatic N) is 4. The molecule has 2 aromatic heterocycles. The van der Waals surface area contributed by atoms with Gasteiger partial charge in [-0.3, -0.25) is 9.59 Å². The van der Waals surface area contributed by atoms with Crippen molar-refractivity contribution >= 4 is 11.6 Å². The van der Waals surface area contributed by atoms with Gasteiger partial charge in [-0.2, -0.15) is 5.21 Å². The van der Waals surface area contributed by atoms with Crippen molar-refractivity contribution in [1.29, 1.82) is 0 Å². The Hall–Kier alpha value is -3.09. The number of aromatic amines is 1. The van der Waals surface area contributed by atoms with E-state index >= 15 is 0 Å². The van der Waals surface area contributed by atoms with Gasteiger partial charge in [0.05, 0.1) is 0 Å². The van der Waals surface area contributed by atoms with Gasteiger partial charge < -0.3 is 4.57 Å². The number of hydrogen-bond donors (Lipinski definition) is 1. The molecule has 3 aromatic rings. The number of nitrogens with one attached hydrogen (secondary N) is 1. The summed E-state index contributed by atoms with van der Waals surface area (Å²) in [6, 6.07) is 10.1. The van der Waals surface area contributed by atoms with E-state index in [9.17, 15) is 9.59 Å². The van der Waals surface area contributed by atoms with Crippen LogP contribution in [0.5, 0.6) is 0 Å². The van der Waals surface area contributed by atoms with Gasteiger partial charge >= 0.3 is 0 Å². The maximum Gasteiger partial charge on any atom is 0.269 e. The van der Waals surface area contributed by atoms with Crippen LogP contribution in [0.3, 0.4) is 0 Å². The second kappa shape index (κ2) is 6.35. The highest BCUT2D eigenvalue weighted by Crippen LogP contribution is 2.09. The molecule has 0 saturated heterocycles. The number of carbonyl (C=O) groups is 2. The molecule has 0 fully saturated rings. The topological polar surface area (TPSA) is 93.5 Å². The standard InChI is InChI=1S/C16H15N5O2/c1-11-2-4-12(5-3-11)9-21-7-6-13(10-21)8-14(22)15(23)16-17-19-20-18-16/h2-7,10H,8-9H2,1H3,(H,17,18,19,20). The molecular formula is C16H15N5O2. The van der Waals surface area contributed by atoms with Crippen LogP contribution >= 0.6 is 0 Å². The van der Waals surface area contributed by atoms with Gasteiger partial charge in [-0.15, -0.1) is 10.2 Å². The first-order chi connectivity index (χ1) is 11.1. The third-order valence-corrected chi connectivity index (χ3v) is 3.46. The zero-order chi connectivity index (χ0) is 16.2. The molecule has 0 radical (unpaired) electrons. The lowest BCUT2D eigenvalue weighted by molar-refractivity contribution is -0.114. The van der Waals surface area contributed by atoms with E-state index in [1.807, 2.05) is 30.0 Å². The first kappa shape index (κ1) is 14.8. The Morgan fingerprint density at radius 3 is 2.61 bits per heavy atom. The molecule has 0 aliphatic carbocycles. The summed E-state index contributed by atoms with van der Waals surface area (Å²) < 4.78 is 1.98. The van der Waals surface area contributed by atoms with Crippen LogP contribution in [0, 0.1) is 6.92 Å². The van der Waals surface area contributed by atoms with E-state index in [1.165, 1.54) is 11.1 Å². The third-order valence-electron chi connectivity index (χ3n) is 3.46. The average Bonchev–Trinajstić information content (AvgIpc) is 3.21. The van der Waals surface area contributed by atoms with Crippen LogP contribution in [0.1, 0.15) is 27.3 Å². The number of ketones is 2. The lowest BCUT2D eigenvalue weighted by atomic mass is 10.1. The zero-order valence-electron chi connectivity index (χ0n) is 12.6. The van der Waals surface area contributed by atoms with E-state index in [2.05, 4.69) is 44.9 Å². The molecule has 2 heterocycles. The molecule has 0 bridgehead atoms. The number of carbonyl (C=O) groups excluding carboxylic acids is 2. The maximum absolute atomic E-state index is 11.9. The quantitative estimate of drug-likeness (QED) is 0.548. The van der Waals surface area contributed by atoms with Gasteiger partial charge in [0.15, 0.2) is 0 Å². The predicted octanol–water partition coefficient (Wildman–Crippen LogP) is 1.35. The predicted molar refractivity (Wildman–Crippen MR) is 81.9 cm³/mol. The Kier molecular flexibility index (Phi) is 4.09. The minimum absolute atomic E-state index is 0.0221. The van der Waals surface area contributed by atoms with Crippen molar-refractivity contribution in [2.45, 2.75) is 19.9 Å². The molecular weight excluding hydrogens is 294 g/mol. The van der Waals surface area contributed by atoms with Crippen LogP contribution < -0.4 is 0 Å². The smallest absolute Gasteiger partial charge is 0.269 e. The van der Waals surface area contributed by atoms with Crippen molar-refractivity contribution in [3.63, 3.8) is 0 Å². The van der Waals surface area contributed by atoms with Crippen molar-refractivity contribution in [3.8, 4) is 0 Å². The van der Waals surface area contributed by atoms with Crippen molar-refractivity contribution in [3.05, 3.63) is 65.2 Å². The molecule has 116 valence electrons. The lowest BCUT2D eigenvalue weighted by Crippen LogP contribution is -2.18. The summed E-state index contributed by atoms with van der Waals surface area (Å²) >= 11 is 0. The third kappa shape index (κ3) is 3.57. The van der Waals surface area contributed by atoms with Crippen molar-refractivity contribution in [2.75, 3.05) is 0 Å². The minimum atomic E-state index is -0.731. The summed E-state index contributed by atoms with van der Waals surface area (Å²) in [6.07, 6.45) is 3.77. The molecule has 1 aromatic carbocycles. The van der Waals surface area contributed by atoms with E-state index in [0.717, 1.165) is 5.56 Å². The summed E-state index contributed by atoms with van der Waals surface area (Å²) in [6.45, 7) is 2.76. The Morgan fingerprint density at radius 1 is 1.13 bits per heavy atom. The van der Waals surface area contributed by atoms with Crippen LogP contribution in [0.4, 0.5) is 0 Å². The molecule has 0 atom stereocenters. The number of rotatable bonds is 6. The largest absolute Gasteiger partial charge is 0.350 e. The number of tetrazole rings is 1. The normalized spacial score (nSPS) is 10.7. The maximum atomic E-state index is 11.9. The molecule has 0 saturated carbocycles. The second-order valence-electron chi connectivity index (χ2n) is 5.34. The number of aromatic nitrogens is 5. The highest BCUT2D eigenvalue weighted by Gasteiger charge is 2.20. The molecule has 1 N–H and O–H groups in total. The summed E-state index contributed by atoms with van der Waals surface area (Å²) in [7, 11) is 0. The van der Waals surface area contributed by atoms with Crippen LogP contribution in [-0.2, 0) is 17.8 Å². The van der Waals surface area contributed by atoms with Crippen LogP contribution in [0.2, 0.25) is 0 Å². The lowest BCUT2D eigenvalue weighted by Gasteiger charge is -2.03. The molecule has 23 heavy (non-hydrogen) atoms. The Labute approximate surface area is 132 Å². The molecule has 7 heteroatoms. The zero-order valence-corrected chi connectivity index (χ0v) is 12.6. The van der Waals surface area contributed by atoms with Gasteiger partial charge in [-0.1, -0.05) is 29.8 Å². The SMILES string of the molecule is Cc1ccc(Cn2ccc(CC(=O)C(=O)c3nn[nH]n3)c2)cc1. The fraction of sp³-hybridized carbons (Fsp3) is 0.188. The second-order valence-corrected chi connectivity index (χ2v) is 5.34. The van der Waals surface area contributed by atoms with Gasteiger partial charge in [0.1, 0.15) is 0 Å². The Morgan fingerprint density at radius 2 is 1.91 bits per heavy atom. The molecule has 0 aliphatic rings. The van der Waals surface area contributed by atoms with E-state index in [0.29, 0.717) is 6.54 Å². The van der Waals surface area contributed by atoms with Gasteiger partial charge in [0.25, 0.3) is 5.78 Å². The van der Waals surface area contributed by atoms with Gasteiger partial charge in [-0.05, 0) is 29.3 Å². The van der Waals surface area contributed by atoms with Gasteiger partial charge in [0, 0.05) is 25.4 Å². The number of benzene rings is 1. The van der Waals surface area contributed by atoms with E-state index in [4.69, 9.17) is 0 Å². The molecule has 3 rings (SSSR count). The average molecular weight is 309 g/mol. The molecule has 0 amide bonds. The summed E-state index contributed by atoms with van der Waals surface area (Å²) in [4.78, 5) is 23.7. The van der Waals surface area contributed by atoms with Crippen LogP contribution in [0.15, 0.2) is 42.7 Å². The highest BCUT2D eigenvalue weighted by atomic mass is 16.2. The Bertz CT molecular complexity index is 819. The van der Waals surface area contributed by atoms with Gasteiger partial charge in [-0.25, -0.2) is 0 Å². The fourth-order valence-corrected chi connectivity index (χ4v) is 2.25. The first-order valence-electron chi connectivity index (χ1n) is 7.13. The molecule has 0 aliphatic heterocycles. The summed E-state index contributed by atoms with van der Waals surface area (Å²) in [5, 5.41) is 12.5. The van der Waals surface area contributed by atoms with E-state index in [-0.39, 0.29) is 12.2 Å². The van der Waals surface area contributed by atoms with Gasteiger partial charge in [0.2, 0.25) is 11.6 Å². The number of hydrogen-bond acceptors (Lipinski definition) is 5. The molecule has 7 nitrogen and oxygen atoms in total. The van der Waals surface area contributed by atoms with E-state index in [1.54, 1.807) is 0 Å². The Balaban J connectivity index is 1.64. The van der Waals surface area contributed by atoms with Crippen molar-refractivity contribution < 1.29 is 9.59 Å². The van der Waals surface area contributed by atoms with Crippen molar-refractivity contribution in [1.82, 2.24) is 25.2 Å². The molecule has 0 unspecified atom stereocenters. The van der Waals surface area contributed by atoms with Crippen LogP contribution in [0.25, 0.3) is 0 Å². The molecule has 0 spiro atoms. The number of aryl methyl sites for hydroxylation is 1. The fourth-order valence-electron chi connectivity index (χ4n) is 2.25. The van der Waals surface area contributed by atoms with Crippen LogP contribution in [-0.4, -0.2) is 36.8 Å². The summed E-state index contributed by atoms with van der Waals surface area (Å²) in [5.41, 5.74) is 3.17. The monoisotopic (exact) mass is 309 g/mol. The van der Waals surface area contributed by atoms with Crippen molar-refractivity contribution in [2.24, 2.45) is 0 Å². The highest BCUT2D eigenvalue weighted by molar-refractivity contribution is 6.43. The van der Waals surface area contributed by atoms with E-state index < -0.39 is 11.6 Å².